The molecule has 0 saturated heterocycles. The van der Waals surface area contributed by atoms with Gasteiger partial charge in [0.05, 0.1) is 21.9 Å². The maximum Gasteiger partial charge on any atom is 0.272 e. The third-order valence-electron chi connectivity index (χ3n) is 3.31. The summed E-state index contributed by atoms with van der Waals surface area (Å²) in [6, 6.07) is 12.8. The fourth-order valence-electron chi connectivity index (χ4n) is 2.21. The highest BCUT2D eigenvalue weighted by Gasteiger charge is 2.12. The van der Waals surface area contributed by atoms with Crippen LogP contribution in [0, 0.1) is 6.92 Å². The van der Waals surface area contributed by atoms with E-state index in [1.165, 1.54) is 0 Å². The summed E-state index contributed by atoms with van der Waals surface area (Å²) in [5.41, 5.74) is 9.32. The van der Waals surface area contributed by atoms with Crippen molar-refractivity contribution >= 4 is 39.8 Å². The molecule has 0 spiro atoms. The van der Waals surface area contributed by atoms with Crippen molar-refractivity contribution in [2.45, 2.75) is 6.92 Å². The predicted octanol–water partition coefficient (Wildman–Crippen LogP) is 3.96. The molecule has 5 heteroatoms. The lowest BCUT2D eigenvalue weighted by molar-refractivity contribution is 0.102. The Morgan fingerprint density at radius 1 is 1.24 bits per heavy atom. The van der Waals surface area contributed by atoms with Gasteiger partial charge in [-0.15, -0.1) is 0 Å². The largest absolute Gasteiger partial charge is 0.397 e. The zero-order valence-corrected chi connectivity index (χ0v) is 12.2. The number of para-hydroxylation sites is 1. The van der Waals surface area contributed by atoms with Crippen LogP contribution < -0.4 is 11.1 Å². The molecule has 3 rings (SSSR count). The van der Waals surface area contributed by atoms with Crippen LogP contribution in [0.15, 0.2) is 42.5 Å². The number of benzene rings is 2. The molecule has 0 aliphatic heterocycles. The molecule has 0 bridgehead atoms. The van der Waals surface area contributed by atoms with Gasteiger partial charge in [0, 0.05) is 5.39 Å². The molecule has 21 heavy (non-hydrogen) atoms. The van der Waals surface area contributed by atoms with E-state index in [1.807, 2.05) is 25.1 Å². The van der Waals surface area contributed by atoms with E-state index in [-0.39, 0.29) is 5.91 Å². The van der Waals surface area contributed by atoms with Crippen molar-refractivity contribution in [2.24, 2.45) is 0 Å². The summed E-state index contributed by atoms with van der Waals surface area (Å²) in [7, 11) is 0. The average molecular weight is 300 g/mol. The number of hydrogen-bond donors (Lipinski definition) is 3. The van der Waals surface area contributed by atoms with Crippen LogP contribution in [0.3, 0.4) is 0 Å². The Bertz CT molecular complexity index is 839. The first-order valence-corrected chi connectivity index (χ1v) is 6.87. The molecule has 4 nitrogen and oxygen atoms in total. The molecule has 0 atom stereocenters. The lowest BCUT2D eigenvalue weighted by Crippen LogP contribution is -2.12. The van der Waals surface area contributed by atoms with Crippen molar-refractivity contribution in [3.8, 4) is 0 Å². The Balaban J connectivity index is 1.92. The van der Waals surface area contributed by atoms with Gasteiger partial charge in [-0.2, -0.15) is 0 Å². The zero-order valence-electron chi connectivity index (χ0n) is 11.4. The molecule has 0 aliphatic rings. The lowest BCUT2D eigenvalue weighted by atomic mass is 10.2. The number of nitrogen functional groups attached to an aromatic ring is 1. The van der Waals surface area contributed by atoms with Crippen molar-refractivity contribution in [2.75, 3.05) is 11.1 Å². The average Bonchev–Trinajstić information content (AvgIpc) is 2.87. The molecular weight excluding hydrogens is 286 g/mol. The van der Waals surface area contributed by atoms with Gasteiger partial charge in [-0.3, -0.25) is 4.79 Å². The van der Waals surface area contributed by atoms with Crippen LogP contribution in [0.4, 0.5) is 11.4 Å². The van der Waals surface area contributed by atoms with Gasteiger partial charge >= 0.3 is 0 Å². The molecular formula is C16H14ClN3O. The van der Waals surface area contributed by atoms with Gasteiger partial charge in [-0.25, -0.2) is 0 Å². The molecule has 0 fully saturated rings. The number of anilines is 2. The van der Waals surface area contributed by atoms with Crippen molar-refractivity contribution in [1.29, 1.82) is 0 Å². The van der Waals surface area contributed by atoms with Crippen LogP contribution in [0.1, 0.15) is 16.1 Å². The molecule has 2 aromatic carbocycles. The number of nitrogens with two attached hydrogens (primary N) is 1. The van der Waals surface area contributed by atoms with Crippen LogP contribution in [-0.4, -0.2) is 10.9 Å². The number of nitrogens with one attached hydrogen (secondary N) is 2. The summed E-state index contributed by atoms with van der Waals surface area (Å²) in [5.74, 6) is -0.253. The number of halogens is 1. The third kappa shape index (κ3) is 2.58. The molecule has 106 valence electrons. The van der Waals surface area contributed by atoms with Gasteiger partial charge in [-0.05, 0) is 36.8 Å². The fourth-order valence-corrected chi connectivity index (χ4v) is 2.50. The van der Waals surface area contributed by atoms with E-state index in [4.69, 9.17) is 17.3 Å². The van der Waals surface area contributed by atoms with Crippen LogP contribution in [0.2, 0.25) is 5.02 Å². The van der Waals surface area contributed by atoms with Gasteiger partial charge in [0.1, 0.15) is 5.69 Å². The third-order valence-corrected chi connectivity index (χ3v) is 3.62. The maximum absolute atomic E-state index is 12.3. The first-order chi connectivity index (χ1) is 10.0. The van der Waals surface area contributed by atoms with Crippen LogP contribution in [0.25, 0.3) is 10.9 Å². The number of H-pyrrole nitrogens is 1. The van der Waals surface area contributed by atoms with Crippen LogP contribution in [0.5, 0.6) is 0 Å². The molecule has 0 aliphatic carbocycles. The summed E-state index contributed by atoms with van der Waals surface area (Å²) < 4.78 is 0. The summed E-state index contributed by atoms with van der Waals surface area (Å²) in [6.45, 7) is 1.94. The molecule has 1 heterocycles. The van der Waals surface area contributed by atoms with Crippen molar-refractivity contribution in [1.82, 2.24) is 4.98 Å². The topological polar surface area (TPSA) is 70.9 Å². The van der Waals surface area contributed by atoms with Gasteiger partial charge in [-0.1, -0.05) is 29.8 Å². The Kier molecular flexibility index (Phi) is 3.31. The number of carbonyl (C=O) groups is 1. The Labute approximate surface area is 126 Å². The van der Waals surface area contributed by atoms with E-state index < -0.39 is 0 Å². The summed E-state index contributed by atoms with van der Waals surface area (Å²) >= 11 is 6.12. The molecule has 3 aromatic rings. The SMILES string of the molecule is Cc1ccc(NC(=O)c2cc3cccc(N)c3[nH]2)c(Cl)c1. The maximum atomic E-state index is 12.3. The number of fused-ring (bicyclic) bond motifs is 1. The number of carbonyl (C=O) groups excluding carboxylic acids is 1. The first kappa shape index (κ1) is 13.5. The van der Waals surface area contributed by atoms with E-state index >= 15 is 0 Å². The number of rotatable bonds is 2. The van der Waals surface area contributed by atoms with E-state index in [0.29, 0.717) is 22.1 Å². The van der Waals surface area contributed by atoms with E-state index in [0.717, 1.165) is 16.5 Å². The molecule has 0 saturated carbocycles. The smallest absolute Gasteiger partial charge is 0.272 e. The molecule has 4 N–H and O–H groups in total. The Morgan fingerprint density at radius 3 is 2.76 bits per heavy atom. The summed E-state index contributed by atoms with van der Waals surface area (Å²) in [5, 5.41) is 4.20. The lowest BCUT2D eigenvalue weighted by Gasteiger charge is -2.06. The van der Waals surface area contributed by atoms with Crippen LogP contribution >= 0.6 is 11.6 Å². The summed E-state index contributed by atoms with van der Waals surface area (Å²) in [4.78, 5) is 15.3. The minimum atomic E-state index is -0.253. The van der Waals surface area contributed by atoms with Gasteiger partial charge in [0.2, 0.25) is 0 Å². The van der Waals surface area contributed by atoms with Crippen molar-refractivity contribution in [3.05, 3.63) is 58.7 Å². The van der Waals surface area contributed by atoms with Gasteiger partial charge in [0.25, 0.3) is 5.91 Å². The molecule has 0 unspecified atom stereocenters. The van der Waals surface area contributed by atoms with E-state index in [1.54, 1.807) is 24.3 Å². The second kappa shape index (κ2) is 5.14. The van der Waals surface area contributed by atoms with E-state index in [9.17, 15) is 4.79 Å². The second-order valence-corrected chi connectivity index (χ2v) is 5.34. The predicted molar refractivity (Wildman–Crippen MR) is 86.9 cm³/mol. The highest BCUT2D eigenvalue weighted by Crippen LogP contribution is 2.25. The van der Waals surface area contributed by atoms with Crippen molar-refractivity contribution in [3.63, 3.8) is 0 Å². The summed E-state index contributed by atoms with van der Waals surface area (Å²) in [6.07, 6.45) is 0. The second-order valence-electron chi connectivity index (χ2n) is 4.93. The number of aromatic nitrogens is 1. The number of aryl methyl sites for hydroxylation is 1. The minimum absolute atomic E-state index is 0.253. The van der Waals surface area contributed by atoms with Gasteiger partial charge < -0.3 is 16.0 Å². The Hall–Kier alpha value is -2.46. The number of amides is 1. The molecule has 0 radical (unpaired) electrons. The highest BCUT2D eigenvalue weighted by molar-refractivity contribution is 6.34. The minimum Gasteiger partial charge on any atom is -0.397 e. The first-order valence-electron chi connectivity index (χ1n) is 6.49. The van der Waals surface area contributed by atoms with Crippen molar-refractivity contribution < 1.29 is 4.79 Å². The van der Waals surface area contributed by atoms with E-state index in [2.05, 4.69) is 10.3 Å². The standard InChI is InChI=1S/C16H14ClN3O/c1-9-5-6-13(11(17)7-9)20-16(21)14-8-10-3-2-4-12(18)15(10)19-14/h2-8,19H,18H2,1H3,(H,20,21). The highest BCUT2D eigenvalue weighted by atomic mass is 35.5. The number of hydrogen-bond acceptors (Lipinski definition) is 2. The molecule has 1 amide bonds. The van der Waals surface area contributed by atoms with Crippen LogP contribution in [-0.2, 0) is 0 Å². The zero-order chi connectivity index (χ0) is 15.0. The quantitative estimate of drug-likeness (QED) is 0.627. The fraction of sp³-hybridized carbons (Fsp3) is 0.0625. The normalized spacial score (nSPS) is 10.8. The van der Waals surface area contributed by atoms with Gasteiger partial charge in [0.15, 0.2) is 0 Å². The monoisotopic (exact) mass is 299 g/mol. The number of aromatic amines is 1. The Morgan fingerprint density at radius 2 is 2.05 bits per heavy atom. The molecule has 1 aromatic heterocycles.